The summed E-state index contributed by atoms with van der Waals surface area (Å²) in [5, 5.41) is 0.700. The van der Waals surface area contributed by atoms with Gasteiger partial charge in [-0.15, -0.1) is 0 Å². The van der Waals surface area contributed by atoms with E-state index >= 15 is 0 Å². The average Bonchev–Trinajstić information content (AvgIpc) is 2.40. The highest BCUT2D eigenvalue weighted by Crippen LogP contribution is 2.40. The van der Waals surface area contributed by atoms with Gasteiger partial charge < -0.3 is 10.5 Å². The summed E-state index contributed by atoms with van der Waals surface area (Å²) < 4.78 is 6.00. The first-order chi connectivity index (χ1) is 8.74. The second-order valence-corrected chi connectivity index (χ2v) is 4.98. The van der Waals surface area contributed by atoms with Crippen LogP contribution in [0.1, 0.15) is 29.7 Å². The molecular weight excluding hydrogens is 246 g/mol. The van der Waals surface area contributed by atoms with Crippen molar-refractivity contribution in [3.8, 4) is 5.75 Å². The third-order valence-corrected chi connectivity index (χ3v) is 3.51. The second-order valence-electron chi connectivity index (χ2n) is 4.54. The molecule has 2 nitrogen and oxygen atoms in total. The first kappa shape index (κ1) is 11.6. The number of rotatable bonds is 1. The molecule has 0 aliphatic carbocycles. The van der Waals surface area contributed by atoms with Gasteiger partial charge in [-0.25, -0.2) is 0 Å². The standard InChI is InChI=1S/C15H14ClNO/c16-11-6-7-14-12(8-11)13(17)9-15(18-14)10-4-2-1-3-5-10/h1-8,13,15H,9,17H2. The van der Waals surface area contributed by atoms with Crippen LogP contribution in [-0.2, 0) is 0 Å². The normalized spacial score (nSPS) is 22.1. The van der Waals surface area contributed by atoms with Crippen molar-refractivity contribution in [1.29, 1.82) is 0 Å². The molecule has 1 aliphatic heterocycles. The molecule has 1 heterocycles. The van der Waals surface area contributed by atoms with Gasteiger partial charge in [-0.3, -0.25) is 0 Å². The Balaban J connectivity index is 1.95. The van der Waals surface area contributed by atoms with Crippen molar-refractivity contribution in [3.05, 3.63) is 64.7 Å². The minimum atomic E-state index is -0.0299. The third-order valence-electron chi connectivity index (χ3n) is 3.28. The van der Waals surface area contributed by atoms with Crippen molar-refractivity contribution in [3.63, 3.8) is 0 Å². The van der Waals surface area contributed by atoms with Gasteiger partial charge in [-0.2, -0.15) is 0 Å². The van der Waals surface area contributed by atoms with Crippen LogP contribution in [0.5, 0.6) is 5.75 Å². The smallest absolute Gasteiger partial charge is 0.126 e. The zero-order valence-electron chi connectivity index (χ0n) is 9.84. The van der Waals surface area contributed by atoms with E-state index in [-0.39, 0.29) is 12.1 Å². The number of nitrogens with two attached hydrogens (primary N) is 1. The van der Waals surface area contributed by atoms with Crippen molar-refractivity contribution < 1.29 is 4.74 Å². The van der Waals surface area contributed by atoms with Crippen LogP contribution >= 0.6 is 11.6 Å². The molecule has 18 heavy (non-hydrogen) atoms. The van der Waals surface area contributed by atoms with E-state index in [0.717, 1.165) is 23.3 Å². The molecule has 0 bridgehead atoms. The summed E-state index contributed by atoms with van der Waals surface area (Å²) in [6.07, 6.45) is 0.798. The summed E-state index contributed by atoms with van der Waals surface area (Å²) in [5.41, 5.74) is 8.36. The van der Waals surface area contributed by atoms with E-state index in [0.29, 0.717) is 5.02 Å². The average molecular weight is 260 g/mol. The Morgan fingerprint density at radius 2 is 1.89 bits per heavy atom. The van der Waals surface area contributed by atoms with E-state index < -0.39 is 0 Å². The summed E-state index contributed by atoms with van der Waals surface area (Å²) in [6.45, 7) is 0. The molecule has 2 aromatic carbocycles. The Bertz CT molecular complexity index is 556. The lowest BCUT2D eigenvalue weighted by Crippen LogP contribution is -2.24. The fourth-order valence-corrected chi connectivity index (χ4v) is 2.53. The topological polar surface area (TPSA) is 35.2 Å². The van der Waals surface area contributed by atoms with Crippen LogP contribution in [0.2, 0.25) is 5.02 Å². The molecule has 0 amide bonds. The van der Waals surface area contributed by atoms with Gasteiger partial charge in [0.1, 0.15) is 11.9 Å². The van der Waals surface area contributed by atoms with Gasteiger partial charge in [0, 0.05) is 23.0 Å². The number of benzene rings is 2. The first-order valence-corrected chi connectivity index (χ1v) is 6.38. The van der Waals surface area contributed by atoms with Crippen LogP contribution in [-0.4, -0.2) is 0 Å². The van der Waals surface area contributed by atoms with Gasteiger partial charge in [0.05, 0.1) is 0 Å². The van der Waals surface area contributed by atoms with Crippen molar-refractivity contribution in [1.82, 2.24) is 0 Å². The van der Waals surface area contributed by atoms with Gasteiger partial charge >= 0.3 is 0 Å². The second kappa shape index (κ2) is 4.63. The van der Waals surface area contributed by atoms with Gasteiger partial charge in [-0.1, -0.05) is 41.9 Å². The lowest BCUT2D eigenvalue weighted by atomic mass is 9.94. The largest absolute Gasteiger partial charge is 0.485 e. The molecule has 0 fully saturated rings. The molecule has 92 valence electrons. The first-order valence-electron chi connectivity index (χ1n) is 6.00. The van der Waals surface area contributed by atoms with E-state index in [1.807, 2.05) is 36.4 Å². The lowest BCUT2D eigenvalue weighted by Gasteiger charge is -2.30. The molecule has 3 rings (SSSR count). The Morgan fingerprint density at radius 1 is 1.11 bits per heavy atom. The quantitative estimate of drug-likeness (QED) is 0.844. The molecule has 3 heteroatoms. The Morgan fingerprint density at radius 3 is 2.67 bits per heavy atom. The fraction of sp³-hybridized carbons (Fsp3) is 0.200. The van der Waals surface area contributed by atoms with Crippen LogP contribution in [0, 0.1) is 0 Å². The fourth-order valence-electron chi connectivity index (χ4n) is 2.35. The van der Waals surface area contributed by atoms with Crippen LogP contribution < -0.4 is 10.5 Å². The molecule has 2 atom stereocenters. The molecule has 2 aromatic rings. The summed E-state index contributed by atoms with van der Waals surface area (Å²) in [4.78, 5) is 0. The molecule has 0 saturated heterocycles. The molecule has 0 spiro atoms. The van der Waals surface area contributed by atoms with E-state index in [2.05, 4.69) is 12.1 Å². The predicted octanol–water partition coefficient (Wildman–Crippen LogP) is 3.86. The number of hydrogen-bond acceptors (Lipinski definition) is 2. The van der Waals surface area contributed by atoms with Gasteiger partial charge in [0.25, 0.3) is 0 Å². The number of hydrogen-bond donors (Lipinski definition) is 1. The van der Waals surface area contributed by atoms with Crippen molar-refractivity contribution in [2.45, 2.75) is 18.6 Å². The Labute approximate surface area is 111 Å². The molecule has 0 aromatic heterocycles. The highest BCUT2D eigenvalue weighted by atomic mass is 35.5. The molecule has 0 radical (unpaired) electrons. The Kier molecular flexibility index (Phi) is 2.98. The minimum Gasteiger partial charge on any atom is -0.485 e. The molecule has 2 N–H and O–H groups in total. The van der Waals surface area contributed by atoms with Gasteiger partial charge in [-0.05, 0) is 23.8 Å². The van der Waals surface area contributed by atoms with Crippen LogP contribution in [0.25, 0.3) is 0 Å². The number of halogens is 1. The maximum atomic E-state index is 6.20. The van der Waals surface area contributed by atoms with Gasteiger partial charge in [0.2, 0.25) is 0 Å². The van der Waals surface area contributed by atoms with Crippen LogP contribution in [0.4, 0.5) is 0 Å². The van der Waals surface area contributed by atoms with E-state index in [9.17, 15) is 0 Å². The highest BCUT2D eigenvalue weighted by molar-refractivity contribution is 6.30. The summed E-state index contributed by atoms with van der Waals surface area (Å²) >= 11 is 5.98. The summed E-state index contributed by atoms with van der Waals surface area (Å²) in [5.74, 6) is 0.840. The lowest BCUT2D eigenvalue weighted by molar-refractivity contribution is 0.161. The summed E-state index contributed by atoms with van der Waals surface area (Å²) in [7, 11) is 0. The zero-order chi connectivity index (χ0) is 12.5. The predicted molar refractivity (Wildman–Crippen MR) is 72.8 cm³/mol. The van der Waals surface area contributed by atoms with Crippen molar-refractivity contribution in [2.75, 3.05) is 0 Å². The zero-order valence-corrected chi connectivity index (χ0v) is 10.6. The van der Waals surface area contributed by atoms with Gasteiger partial charge in [0.15, 0.2) is 0 Å². The van der Waals surface area contributed by atoms with Crippen LogP contribution in [0.15, 0.2) is 48.5 Å². The monoisotopic (exact) mass is 259 g/mol. The maximum absolute atomic E-state index is 6.20. The maximum Gasteiger partial charge on any atom is 0.126 e. The molecular formula is C15H14ClNO. The molecule has 1 aliphatic rings. The number of ether oxygens (including phenoxy) is 1. The SMILES string of the molecule is NC1CC(c2ccccc2)Oc2ccc(Cl)cc21. The third kappa shape index (κ3) is 2.09. The van der Waals surface area contributed by atoms with E-state index in [1.54, 1.807) is 0 Å². The molecule has 0 saturated carbocycles. The summed E-state index contributed by atoms with van der Waals surface area (Å²) in [6, 6.07) is 15.8. The van der Waals surface area contributed by atoms with Crippen LogP contribution in [0.3, 0.4) is 0 Å². The minimum absolute atomic E-state index is 0.0230. The van der Waals surface area contributed by atoms with E-state index in [1.165, 1.54) is 0 Å². The van der Waals surface area contributed by atoms with Crippen molar-refractivity contribution >= 4 is 11.6 Å². The van der Waals surface area contributed by atoms with Crippen molar-refractivity contribution in [2.24, 2.45) is 5.73 Å². The molecule has 2 unspecified atom stereocenters. The number of fused-ring (bicyclic) bond motifs is 1. The Hall–Kier alpha value is -1.51. The highest BCUT2D eigenvalue weighted by Gasteiger charge is 2.26. The van der Waals surface area contributed by atoms with E-state index in [4.69, 9.17) is 22.1 Å².